The van der Waals surface area contributed by atoms with Gasteiger partial charge in [-0.2, -0.15) is 0 Å². The molecule has 1 aromatic rings. The van der Waals surface area contributed by atoms with Crippen LogP contribution < -0.4 is 10.0 Å². The normalized spacial score (nSPS) is 24.9. The molecule has 1 N–H and O–H groups in total. The summed E-state index contributed by atoms with van der Waals surface area (Å²) in [6.07, 6.45) is 3.05. The zero-order chi connectivity index (χ0) is 17.8. The van der Waals surface area contributed by atoms with Crippen molar-refractivity contribution in [2.75, 3.05) is 26.2 Å². The molecular weight excluding hydrogens is 340 g/mol. The molecule has 1 heterocycles. The van der Waals surface area contributed by atoms with Crippen molar-refractivity contribution in [3.63, 3.8) is 0 Å². The Kier molecular flexibility index (Phi) is 5.97. The van der Waals surface area contributed by atoms with Gasteiger partial charge in [0.05, 0.1) is 26.2 Å². The van der Waals surface area contributed by atoms with Crippen LogP contribution in [0.4, 0.5) is 0 Å². The van der Waals surface area contributed by atoms with E-state index in [2.05, 4.69) is 6.07 Å². The summed E-state index contributed by atoms with van der Waals surface area (Å²) in [5.41, 5.74) is 1.20. The molecule has 0 aromatic heterocycles. The number of aliphatic carboxylic acids is 1. The zero-order valence-corrected chi connectivity index (χ0v) is 15.1. The van der Waals surface area contributed by atoms with Crippen LogP contribution in [0.3, 0.4) is 0 Å². The van der Waals surface area contributed by atoms with Gasteiger partial charge in [0.2, 0.25) is 5.91 Å². The first-order chi connectivity index (χ1) is 12.0. The van der Waals surface area contributed by atoms with E-state index >= 15 is 0 Å². The lowest BCUT2D eigenvalue weighted by Gasteiger charge is -2.38. The molecule has 2 aliphatic rings. The van der Waals surface area contributed by atoms with Gasteiger partial charge < -0.3 is 19.7 Å². The van der Waals surface area contributed by atoms with E-state index in [0.29, 0.717) is 25.9 Å². The number of carboxylic acids is 1. The number of carbonyl (C=O) groups excluding carboxylic acids is 2. The Hall–Kier alpha value is -1.59. The fourth-order valence-electron chi connectivity index (χ4n) is 4.10. The summed E-state index contributed by atoms with van der Waals surface area (Å²) in [5, 5.41) is 12.1. The van der Waals surface area contributed by atoms with Crippen LogP contribution in [-0.4, -0.2) is 43.0 Å². The highest BCUT2D eigenvalue weighted by Crippen LogP contribution is 2.31. The van der Waals surface area contributed by atoms with Crippen molar-refractivity contribution >= 4 is 23.5 Å². The standard InChI is InChI=1S/C19H25ClN2O3/c20-15-5-3-4-14(12-15)13-21-8-10-22(11-9-21)18(23)16-6-1-2-7-17(16)19(24)25/h3-5,12,16-17H,1-2,6-11,13H2,(H,24,25)/t16-,17+/m1/s1. The van der Waals surface area contributed by atoms with Crippen LogP contribution in [0.5, 0.6) is 0 Å². The quantitative estimate of drug-likeness (QED) is 0.825. The highest BCUT2D eigenvalue weighted by Gasteiger charge is 2.36. The Morgan fingerprint density at radius 2 is 1.84 bits per heavy atom. The Bertz CT molecular complexity index is 629. The Morgan fingerprint density at radius 3 is 2.48 bits per heavy atom. The number of nitrogens with one attached hydrogen (secondary N) is 1. The number of quaternary nitrogens is 1. The molecule has 1 aliphatic carbocycles. The van der Waals surface area contributed by atoms with Crippen LogP contribution in [0.15, 0.2) is 24.3 Å². The highest BCUT2D eigenvalue weighted by molar-refractivity contribution is 6.30. The molecule has 0 unspecified atom stereocenters. The van der Waals surface area contributed by atoms with Crippen LogP contribution in [-0.2, 0) is 16.1 Å². The van der Waals surface area contributed by atoms with Crippen LogP contribution in [0, 0.1) is 11.8 Å². The summed E-state index contributed by atoms with van der Waals surface area (Å²) in [6, 6.07) is 7.89. The fourth-order valence-corrected chi connectivity index (χ4v) is 4.31. The van der Waals surface area contributed by atoms with E-state index in [1.54, 1.807) is 0 Å². The first-order valence-corrected chi connectivity index (χ1v) is 9.50. The maximum atomic E-state index is 12.8. The molecule has 1 saturated carbocycles. The third-order valence-electron chi connectivity index (χ3n) is 5.51. The summed E-state index contributed by atoms with van der Waals surface area (Å²) in [6.45, 7) is 4.02. The van der Waals surface area contributed by atoms with E-state index in [1.807, 2.05) is 23.1 Å². The number of rotatable bonds is 4. The lowest BCUT2D eigenvalue weighted by molar-refractivity contribution is -0.917. The molecular formula is C19H25ClN2O3. The molecule has 136 valence electrons. The number of carboxylic acid groups (broad SMARTS) is 1. The number of piperazine rings is 1. The average molecular weight is 365 g/mol. The SMILES string of the molecule is O=C([O-])[C@H]1CCCC[C@H]1C(=O)N1CC[NH+](Cc2cccc(Cl)c2)CC1. The predicted molar refractivity (Wildman–Crippen MR) is 92.9 cm³/mol. The van der Waals surface area contributed by atoms with Gasteiger partial charge >= 0.3 is 0 Å². The molecule has 1 saturated heterocycles. The molecule has 0 spiro atoms. The van der Waals surface area contributed by atoms with Crippen LogP contribution in [0.2, 0.25) is 5.02 Å². The first-order valence-electron chi connectivity index (χ1n) is 9.12. The summed E-state index contributed by atoms with van der Waals surface area (Å²) in [5.74, 6) is -2.06. The number of halogens is 1. The van der Waals surface area contributed by atoms with E-state index in [0.717, 1.165) is 37.5 Å². The molecule has 2 fully saturated rings. The smallest absolute Gasteiger partial charge is 0.226 e. The summed E-state index contributed by atoms with van der Waals surface area (Å²) in [4.78, 5) is 27.4. The topological polar surface area (TPSA) is 64.9 Å². The van der Waals surface area contributed by atoms with Gasteiger partial charge in [0.25, 0.3) is 0 Å². The van der Waals surface area contributed by atoms with Crippen molar-refractivity contribution in [2.24, 2.45) is 11.8 Å². The Labute approximate surface area is 153 Å². The van der Waals surface area contributed by atoms with Gasteiger partial charge in [0, 0.05) is 28.4 Å². The molecule has 0 radical (unpaired) electrons. The van der Waals surface area contributed by atoms with Crippen molar-refractivity contribution in [3.8, 4) is 0 Å². The van der Waals surface area contributed by atoms with Gasteiger partial charge in [-0.05, 0) is 25.0 Å². The Balaban J connectivity index is 1.54. The maximum absolute atomic E-state index is 12.8. The minimum absolute atomic E-state index is 0.00991. The third kappa shape index (κ3) is 4.53. The lowest BCUT2D eigenvalue weighted by atomic mass is 9.78. The van der Waals surface area contributed by atoms with Crippen LogP contribution in [0.25, 0.3) is 0 Å². The van der Waals surface area contributed by atoms with E-state index in [9.17, 15) is 14.7 Å². The van der Waals surface area contributed by atoms with Gasteiger partial charge in [-0.25, -0.2) is 0 Å². The van der Waals surface area contributed by atoms with Gasteiger partial charge in [-0.3, -0.25) is 4.79 Å². The number of carbonyl (C=O) groups is 2. The largest absolute Gasteiger partial charge is 0.550 e. The molecule has 2 atom stereocenters. The van der Waals surface area contributed by atoms with E-state index in [1.165, 1.54) is 10.5 Å². The molecule has 1 aliphatic heterocycles. The number of nitrogens with zero attached hydrogens (tertiary/aromatic N) is 1. The molecule has 25 heavy (non-hydrogen) atoms. The zero-order valence-electron chi connectivity index (χ0n) is 14.4. The van der Waals surface area contributed by atoms with Crippen LogP contribution >= 0.6 is 11.6 Å². The minimum atomic E-state index is -1.07. The summed E-state index contributed by atoms with van der Waals surface area (Å²) < 4.78 is 0. The van der Waals surface area contributed by atoms with E-state index in [-0.39, 0.29) is 5.91 Å². The second-order valence-electron chi connectivity index (χ2n) is 7.20. The number of benzene rings is 1. The molecule has 5 nitrogen and oxygen atoms in total. The van der Waals surface area contributed by atoms with Gasteiger partial charge in [0.1, 0.15) is 6.54 Å². The molecule has 0 bridgehead atoms. The lowest BCUT2D eigenvalue weighted by Crippen LogP contribution is -3.13. The highest BCUT2D eigenvalue weighted by atomic mass is 35.5. The van der Waals surface area contributed by atoms with Crippen LogP contribution in [0.1, 0.15) is 31.2 Å². The minimum Gasteiger partial charge on any atom is -0.550 e. The molecule has 3 rings (SSSR count). The van der Waals surface area contributed by atoms with E-state index < -0.39 is 17.8 Å². The van der Waals surface area contributed by atoms with Crippen molar-refractivity contribution < 1.29 is 19.6 Å². The van der Waals surface area contributed by atoms with Crippen molar-refractivity contribution in [3.05, 3.63) is 34.9 Å². The molecule has 6 heteroatoms. The van der Waals surface area contributed by atoms with Crippen molar-refractivity contribution in [1.29, 1.82) is 0 Å². The first kappa shape index (κ1) is 18.2. The van der Waals surface area contributed by atoms with Gasteiger partial charge in [-0.1, -0.05) is 36.6 Å². The Morgan fingerprint density at radius 1 is 1.16 bits per heavy atom. The average Bonchev–Trinajstić information content (AvgIpc) is 2.62. The monoisotopic (exact) mass is 364 g/mol. The third-order valence-corrected chi connectivity index (χ3v) is 5.75. The number of amides is 1. The van der Waals surface area contributed by atoms with Crippen molar-refractivity contribution in [2.45, 2.75) is 32.2 Å². The predicted octanol–water partition coefficient (Wildman–Crippen LogP) is 0.123. The van der Waals surface area contributed by atoms with Crippen molar-refractivity contribution in [1.82, 2.24) is 4.90 Å². The number of hydrogen-bond acceptors (Lipinski definition) is 3. The molecule has 1 amide bonds. The summed E-state index contributed by atoms with van der Waals surface area (Å²) >= 11 is 6.04. The van der Waals surface area contributed by atoms with Gasteiger partial charge in [0.15, 0.2) is 0 Å². The molecule has 1 aromatic carbocycles. The summed E-state index contributed by atoms with van der Waals surface area (Å²) in [7, 11) is 0. The fraction of sp³-hybridized carbons (Fsp3) is 0.579. The maximum Gasteiger partial charge on any atom is 0.226 e. The second kappa shape index (κ2) is 8.19. The van der Waals surface area contributed by atoms with E-state index in [4.69, 9.17) is 11.6 Å². The second-order valence-corrected chi connectivity index (χ2v) is 7.63. The number of hydrogen-bond donors (Lipinski definition) is 1. The van der Waals surface area contributed by atoms with Gasteiger partial charge in [-0.15, -0.1) is 0 Å².